The van der Waals surface area contributed by atoms with Gasteiger partial charge in [0.05, 0.1) is 5.41 Å². The molecular formula is C32H36N4O3. The van der Waals surface area contributed by atoms with E-state index in [4.69, 9.17) is 0 Å². The fourth-order valence-electron chi connectivity index (χ4n) is 6.56. The van der Waals surface area contributed by atoms with E-state index in [9.17, 15) is 14.7 Å². The number of rotatable bonds is 8. The minimum atomic E-state index is -0.936. The zero-order valence-electron chi connectivity index (χ0n) is 22.5. The monoisotopic (exact) mass is 524 g/mol. The number of nitrogens with zero attached hydrogens (tertiary/aromatic N) is 3. The summed E-state index contributed by atoms with van der Waals surface area (Å²) < 4.78 is 0. The van der Waals surface area contributed by atoms with E-state index in [-0.39, 0.29) is 5.91 Å². The van der Waals surface area contributed by atoms with Crippen LogP contribution in [0.15, 0.2) is 66.9 Å². The number of fused-ring (bicyclic) bond motifs is 1. The van der Waals surface area contributed by atoms with Gasteiger partial charge in [-0.05, 0) is 85.0 Å². The highest BCUT2D eigenvalue weighted by Crippen LogP contribution is 2.46. The molecule has 0 radical (unpaired) electrons. The molecule has 7 nitrogen and oxygen atoms in total. The lowest BCUT2D eigenvalue weighted by molar-refractivity contribution is -0.171. The first-order chi connectivity index (χ1) is 18.9. The third-order valence-corrected chi connectivity index (χ3v) is 8.86. The standard InChI is InChI=1S/C32H36N4O3/c1-22-10-13-33-29(16-22)34-20-24-11-14-35(15-12-24)27-8-6-23(7-9-27)17-28(30(37)38)36-21-32(31(36)39)18-25-4-2-3-5-26(25)19-32/h2-10,13,16,24,28H,11-12,14-15,17-21H2,1H3,(H,33,34)(H,37,38). The molecule has 7 heteroatoms. The molecule has 39 heavy (non-hydrogen) atoms. The van der Waals surface area contributed by atoms with Crippen LogP contribution in [0.25, 0.3) is 0 Å². The van der Waals surface area contributed by atoms with Gasteiger partial charge in [0.15, 0.2) is 0 Å². The van der Waals surface area contributed by atoms with Crippen molar-refractivity contribution >= 4 is 23.4 Å². The topological polar surface area (TPSA) is 85.8 Å². The van der Waals surface area contributed by atoms with Crippen LogP contribution in [0.4, 0.5) is 11.5 Å². The Labute approximate surface area is 229 Å². The van der Waals surface area contributed by atoms with E-state index >= 15 is 0 Å². The summed E-state index contributed by atoms with van der Waals surface area (Å²) in [5.41, 5.74) is 5.31. The molecule has 6 rings (SSSR count). The Morgan fingerprint density at radius 2 is 1.77 bits per heavy atom. The first-order valence-electron chi connectivity index (χ1n) is 14.0. The quantitative estimate of drug-likeness (QED) is 0.427. The van der Waals surface area contributed by atoms with Gasteiger partial charge in [0.2, 0.25) is 5.91 Å². The van der Waals surface area contributed by atoms with E-state index in [1.807, 2.05) is 36.5 Å². The van der Waals surface area contributed by atoms with Gasteiger partial charge in [-0.2, -0.15) is 0 Å². The highest BCUT2D eigenvalue weighted by atomic mass is 16.4. The van der Waals surface area contributed by atoms with Gasteiger partial charge in [0.25, 0.3) is 0 Å². The van der Waals surface area contributed by atoms with Crippen molar-refractivity contribution in [2.24, 2.45) is 11.3 Å². The fourth-order valence-corrected chi connectivity index (χ4v) is 6.56. The minimum absolute atomic E-state index is 0.0155. The average molecular weight is 525 g/mol. The smallest absolute Gasteiger partial charge is 0.326 e. The molecule has 2 fully saturated rings. The van der Waals surface area contributed by atoms with Crippen molar-refractivity contribution in [1.82, 2.24) is 9.88 Å². The van der Waals surface area contributed by atoms with Gasteiger partial charge in [0, 0.05) is 44.5 Å². The number of pyridine rings is 1. The molecule has 1 amide bonds. The molecule has 0 saturated carbocycles. The summed E-state index contributed by atoms with van der Waals surface area (Å²) in [7, 11) is 0. The largest absolute Gasteiger partial charge is 0.480 e. The Morgan fingerprint density at radius 3 is 2.38 bits per heavy atom. The lowest BCUT2D eigenvalue weighted by Crippen LogP contribution is -2.67. The number of benzene rings is 2. The second-order valence-corrected chi connectivity index (χ2v) is 11.6. The number of aliphatic carboxylic acids is 1. The summed E-state index contributed by atoms with van der Waals surface area (Å²) in [5, 5.41) is 13.5. The maximum absolute atomic E-state index is 13.3. The number of likely N-dealkylation sites (tertiary alicyclic amines) is 1. The van der Waals surface area contributed by atoms with Crippen molar-refractivity contribution in [3.8, 4) is 0 Å². The predicted octanol–water partition coefficient (Wildman–Crippen LogP) is 4.34. The van der Waals surface area contributed by atoms with E-state index in [0.717, 1.165) is 56.7 Å². The number of carboxylic acids is 1. The number of carboxylic acid groups (broad SMARTS) is 1. The number of aromatic nitrogens is 1. The van der Waals surface area contributed by atoms with Gasteiger partial charge in [-0.1, -0.05) is 36.4 Å². The average Bonchev–Trinajstić information content (AvgIpc) is 3.36. The maximum Gasteiger partial charge on any atom is 0.326 e. The van der Waals surface area contributed by atoms with Crippen molar-refractivity contribution in [3.63, 3.8) is 0 Å². The number of β-lactam (4-membered cyclic amide) rings is 1. The van der Waals surface area contributed by atoms with Gasteiger partial charge >= 0.3 is 5.97 Å². The normalized spacial score (nSPS) is 19.1. The molecular weight excluding hydrogens is 488 g/mol. The molecule has 2 aliphatic heterocycles. The lowest BCUT2D eigenvalue weighted by Gasteiger charge is -2.49. The number of hydrogen-bond donors (Lipinski definition) is 2. The van der Waals surface area contributed by atoms with Crippen LogP contribution in [0.3, 0.4) is 0 Å². The summed E-state index contributed by atoms with van der Waals surface area (Å²) in [6.07, 6.45) is 5.83. The Balaban J connectivity index is 1.02. The van der Waals surface area contributed by atoms with Crippen molar-refractivity contribution in [2.75, 3.05) is 36.4 Å². The SMILES string of the molecule is Cc1ccnc(NCC2CCN(c3ccc(CC(C(=O)O)N4CC5(Cc6ccccc6C5)C4=O)cc3)CC2)c1. The van der Waals surface area contributed by atoms with Crippen LogP contribution < -0.4 is 10.2 Å². The molecule has 2 saturated heterocycles. The zero-order chi connectivity index (χ0) is 27.0. The van der Waals surface area contributed by atoms with Crippen LogP contribution in [0.1, 0.15) is 35.1 Å². The Kier molecular flexibility index (Phi) is 6.75. The van der Waals surface area contributed by atoms with Crippen molar-refractivity contribution in [1.29, 1.82) is 0 Å². The molecule has 1 spiro atoms. The van der Waals surface area contributed by atoms with Crippen LogP contribution in [0, 0.1) is 18.3 Å². The van der Waals surface area contributed by atoms with Crippen molar-refractivity contribution < 1.29 is 14.7 Å². The van der Waals surface area contributed by atoms with Gasteiger partial charge in [0.1, 0.15) is 11.9 Å². The predicted molar refractivity (Wildman–Crippen MR) is 152 cm³/mol. The highest BCUT2D eigenvalue weighted by molar-refractivity contribution is 5.94. The molecule has 1 atom stereocenters. The fraction of sp³-hybridized carbons (Fsp3) is 0.406. The number of amides is 1. The van der Waals surface area contributed by atoms with Crippen molar-refractivity contribution in [3.05, 3.63) is 89.1 Å². The van der Waals surface area contributed by atoms with Crippen LogP contribution in [0.2, 0.25) is 0 Å². The number of aryl methyl sites for hydroxylation is 1. The maximum atomic E-state index is 13.3. The third-order valence-electron chi connectivity index (χ3n) is 8.86. The first kappa shape index (κ1) is 25.4. The first-order valence-corrected chi connectivity index (χ1v) is 14.0. The molecule has 1 aromatic heterocycles. The van der Waals surface area contributed by atoms with E-state index in [1.165, 1.54) is 22.4 Å². The summed E-state index contributed by atoms with van der Waals surface area (Å²) in [6, 6.07) is 19.7. The summed E-state index contributed by atoms with van der Waals surface area (Å²) in [6.45, 7) is 5.52. The lowest BCUT2D eigenvalue weighted by atomic mass is 9.74. The number of hydrogen-bond acceptors (Lipinski definition) is 5. The molecule has 2 aromatic carbocycles. The number of carbonyl (C=O) groups excluding carboxylic acids is 1. The Morgan fingerprint density at radius 1 is 1.08 bits per heavy atom. The Hall–Kier alpha value is -3.87. The molecule has 3 heterocycles. The van der Waals surface area contributed by atoms with Gasteiger partial charge in [-0.15, -0.1) is 0 Å². The van der Waals surface area contributed by atoms with Gasteiger partial charge in [-0.3, -0.25) is 4.79 Å². The van der Waals surface area contributed by atoms with Gasteiger partial charge in [-0.25, -0.2) is 9.78 Å². The molecule has 0 bridgehead atoms. The molecule has 2 N–H and O–H groups in total. The van der Waals surface area contributed by atoms with E-state index in [1.54, 1.807) is 4.90 Å². The van der Waals surface area contributed by atoms with E-state index in [0.29, 0.717) is 18.9 Å². The summed E-state index contributed by atoms with van der Waals surface area (Å²) in [5.74, 6) is 0.605. The number of carbonyl (C=O) groups is 2. The summed E-state index contributed by atoms with van der Waals surface area (Å²) in [4.78, 5) is 33.8. The molecule has 1 aliphatic carbocycles. The van der Waals surface area contributed by atoms with Crippen LogP contribution in [-0.4, -0.2) is 59.1 Å². The number of piperidine rings is 1. The molecule has 3 aliphatic rings. The Bertz CT molecular complexity index is 1340. The second-order valence-electron chi connectivity index (χ2n) is 11.6. The van der Waals surface area contributed by atoms with Gasteiger partial charge < -0.3 is 20.2 Å². The minimum Gasteiger partial charge on any atom is -0.480 e. The highest BCUT2D eigenvalue weighted by Gasteiger charge is 2.57. The second kappa shape index (κ2) is 10.4. The van der Waals surface area contributed by atoms with Crippen LogP contribution in [0.5, 0.6) is 0 Å². The van der Waals surface area contributed by atoms with Crippen molar-refractivity contribution in [2.45, 2.75) is 45.1 Å². The van der Waals surface area contributed by atoms with E-state index in [2.05, 4.69) is 52.5 Å². The molecule has 1 unspecified atom stereocenters. The number of nitrogens with one attached hydrogen (secondary N) is 1. The van der Waals surface area contributed by atoms with E-state index < -0.39 is 17.4 Å². The molecule has 202 valence electrons. The third kappa shape index (κ3) is 5.10. The molecule has 3 aromatic rings. The number of anilines is 2. The van der Waals surface area contributed by atoms with Crippen LogP contribution in [-0.2, 0) is 28.9 Å². The summed E-state index contributed by atoms with van der Waals surface area (Å²) >= 11 is 0. The zero-order valence-corrected chi connectivity index (χ0v) is 22.5. The van der Waals surface area contributed by atoms with Crippen LogP contribution >= 0.6 is 0 Å².